The molecule has 1 atom stereocenters. The summed E-state index contributed by atoms with van der Waals surface area (Å²) in [5.74, 6) is 0.310. The Morgan fingerprint density at radius 1 is 1.25 bits per heavy atom. The van der Waals surface area contributed by atoms with E-state index >= 15 is 0 Å². The van der Waals surface area contributed by atoms with Gasteiger partial charge < -0.3 is 10.2 Å². The lowest BCUT2D eigenvalue weighted by Gasteiger charge is -2.26. The molecule has 108 valence electrons. The van der Waals surface area contributed by atoms with Gasteiger partial charge in [-0.2, -0.15) is 0 Å². The van der Waals surface area contributed by atoms with E-state index in [9.17, 15) is 4.79 Å². The quantitative estimate of drug-likeness (QED) is 0.836. The van der Waals surface area contributed by atoms with E-state index in [2.05, 4.69) is 53.6 Å². The Kier molecular flexibility index (Phi) is 4.96. The van der Waals surface area contributed by atoms with E-state index in [1.54, 1.807) is 0 Å². The number of amides is 1. The van der Waals surface area contributed by atoms with E-state index in [1.165, 1.54) is 11.1 Å². The summed E-state index contributed by atoms with van der Waals surface area (Å²) in [6, 6.07) is 8.74. The standard InChI is InChI=1S/C17H24N2O/c1-13-8-10-14(11-9-13)16(19(2)3)12-18-17(20)15-6-4-5-7-15/h4-5,8-11,15-16H,6-7,12H2,1-3H3,(H,18,20)/t16-/m0/s1. The first-order valence-corrected chi connectivity index (χ1v) is 7.23. The molecule has 3 heteroatoms. The minimum absolute atomic E-state index is 0.135. The first-order valence-electron chi connectivity index (χ1n) is 7.23. The van der Waals surface area contributed by atoms with Crippen LogP contribution in [0.1, 0.15) is 30.0 Å². The molecule has 0 bridgehead atoms. The molecule has 1 N–H and O–H groups in total. The molecule has 0 radical (unpaired) electrons. The van der Waals surface area contributed by atoms with Gasteiger partial charge in [-0.15, -0.1) is 0 Å². The van der Waals surface area contributed by atoms with Crippen LogP contribution in [0.5, 0.6) is 0 Å². The Balaban J connectivity index is 1.95. The van der Waals surface area contributed by atoms with Crippen LogP contribution in [0.3, 0.4) is 0 Å². The molecule has 2 rings (SSSR count). The fourth-order valence-electron chi connectivity index (χ4n) is 2.56. The average Bonchev–Trinajstić information content (AvgIpc) is 2.94. The SMILES string of the molecule is Cc1ccc([C@H](CNC(=O)C2CC=CC2)N(C)C)cc1. The number of allylic oxidation sites excluding steroid dienone is 2. The predicted molar refractivity (Wildman–Crippen MR) is 82.5 cm³/mol. The van der Waals surface area contributed by atoms with Gasteiger partial charge in [0.25, 0.3) is 0 Å². The van der Waals surface area contributed by atoms with Gasteiger partial charge in [-0.3, -0.25) is 4.79 Å². The van der Waals surface area contributed by atoms with Gasteiger partial charge in [-0.1, -0.05) is 42.0 Å². The third kappa shape index (κ3) is 3.70. The highest BCUT2D eigenvalue weighted by Gasteiger charge is 2.21. The smallest absolute Gasteiger partial charge is 0.223 e. The lowest BCUT2D eigenvalue weighted by atomic mass is 10.0. The highest BCUT2D eigenvalue weighted by atomic mass is 16.1. The molecule has 1 aliphatic rings. The van der Waals surface area contributed by atoms with Crippen LogP contribution in [0.15, 0.2) is 36.4 Å². The molecule has 0 unspecified atom stereocenters. The Morgan fingerprint density at radius 2 is 1.85 bits per heavy atom. The molecule has 0 aromatic heterocycles. The third-order valence-corrected chi connectivity index (χ3v) is 3.93. The van der Waals surface area contributed by atoms with Crippen LogP contribution in [0.4, 0.5) is 0 Å². The molecule has 1 aliphatic carbocycles. The largest absolute Gasteiger partial charge is 0.354 e. The number of carbonyl (C=O) groups excluding carboxylic acids is 1. The number of nitrogens with one attached hydrogen (secondary N) is 1. The van der Waals surface area contributed by atoms with Gasteiger partial charge in [-0.05, 0) is 39.4 Å². The molecule has 20 heavy (non-hydrogen) atoms. The number of aryl methyl sites for hydroxylation is 1. The number of hydrogen-bond acceptors (Lipinski definition) is 2. The molecule has 0 heterocycles. The second kappa shape index (κ2) is 6.71. The van der Waals surface area contributed by atoms with E-state index in [0.717, 1.165) is 12.8 Å². The topological polar surface area (TPSA) is 32.3 Å². The highest BCUT2D eigenvalue weighted by molar-refractivity contribution is 5.79. The van der Waals surface area contributed by atoms with Crippen molar-refractivity contribution in [3.63, 3.8) is 0 Å². The van der Waals surface area contributed by atoms with Gasteiger partial charge in [0.2, 0.25) is 5.91 Å². The van der Waals surface area contributed by atoms with Gasteiger partial charge in [-0.25, -0.2) is 0 Å². The van der Waals surface area contributed by atoms with Crippen LogP contribution in [-0.2, 0) is 4.79 Å². The number of likely N-dealkylation sites (N-methyl/N-ethyl adjacent to an activating group) is 1. The predicted octanol–water partition coefficient (Wildman–Crippen LogP) is 2.68. The molecule has 1 amide bonds. The molecular weight excluding hydrogens is 248 g/mol. The molecule has 1 aromatic carbocycles. The van der Waals surface area contributed by atoms with Crippen molar-refractivity contribution >= 4 is 5.91 Å². The molecular formula is C17H24N2O. The molecule has 3 nitrogen and oxygen atoms in total. The van der Waals surface area contributed by atoms with Crippen molar-refractivity contribution in [2.45, 2.75) is 25.8 Å². The Morgan fingerprint density at radius 3 is 2.40 bits per heavy atom. The van der Waals surface area contributed by atoms with E-state index in [1.807, 2.05) is 14.1 Å². The first kappa shape index (κ1) is 14.8. The average molecular weight is 272 g/mol. The number of carbonyl (C=O) groups is 1. The van der Waals surface area contributed by atoms with Crippen LogP contribution in [0, 0.1) is 12.8 Å². The van der Waals surface area contributed by atoms with E-state index in [-0.39, 0.29) is 17.9 Å². The van der Waals surface area contributed by atoms with E-state index in [4.69, 9.17) is 0 Å². The van der Waals surface area contributed by atoms with E-state index < -0.39 is 0 Å². The maximum atomic E-state index is 12.1. The molecule has 0 spiro atoms. The Hall–Kier alpha value is -1.61. The minimum Gasteiger partial charge on any atom is -0.354 e. The molecule has 0 fully saturated rings. The summed E-state index contributed by atoms with van der Waals surface area (Å²) in [5, 5.41) is 3.10. The van der Waals surface area contributed by atoms with Gasteiger partial charge in [0.05, 0.1) is 6.04 Å². The first-order chi connectivity index (χ1) is 9.58. The van der Waals surface area contributed by atoms with Gasteiger partial charge >= 0.3 is 0 Å². The molecule has 0 saturated carbocycles. The zero-order valence-corrected chi connectivity index (χ0v) is 12.6. The van der Waals surface area contributed by atoms with Gasteiger partial charge in [0.15, 0.2) is 0 Å². The zero-order chi connectivity index (χ0) is 14.5. The van der Waals surface area contributed by atoms with Crippen LogP contribution in [0.2, 0.25) is 0 Å². The summed E-state index contributed by atoms with van der Waals surface area (Å²) in [4.78, 5) is 14.2. The number of nitrogens with zero attached hydrogens (tertiary/aromatic N) is 1. The summed E-state index contributed by atoms with van der Waals surface area (Å²) in [6.45, 7) is 2.74. The van der Waals surface area contributed by atoms with E-state index in [0.29, 0.717) is 6.54 Å². The molecule has 0 aliphatic heterocycles. The number of hydrogen-bond donors (Lipinski definition) is 1. The van der Waals surface area contributed by atoms with Crippen LogP contribution >= 0.6 is 0 Å². The monoisotopic (exact) mass is 272 g/mol. The summed E-state index contributed by atoms with van der Waals surface area (Å²) >= 11 is 0. The normalized spacial score (nSPS) is 16.6. The van der Waals surface area contributed by atoms with Crippen molar-refractivity contribution in [1.82, 2.24) is 10.2 Å². The van der Waals surface area contributed by atoms with Crippen molar-refractivity contribution < 1.29 is 4.79 Å². The van der Waals surface area contributed by atoms with Crippen LogP contribution in [-0.4, -0.2) is 31.4 Å². The fourth-order valence-corrected chi connectivity index (χ4v) is 2.56. The lowest BCUT2D eigenvalue weighted by Crippen LogP contribution is -2.37. The fraction of sp³-hybridized carbons (Fsp3) is 0.471. The van der Waals surface area contributed by atoms with Gasteiger partial charge in [0.1, 0.15) is 0 Å². The minimum atomic E-state index is 0.135. The number of rotatable bonds is 5. The maximum absolute atomic E-state index is 12.1. The molecule has 1 aromatic rings. The molecule has 0 saturated heterocycles. The summed E-state index contributed by atoms with van der Waals surface area (Å²) in [6.07, 6.45) is 5.94. The summed E-state index contributed by atoms with van der Waals surface area (Å²) in [7, 11) is 4.10. The zero-order valence-electron chi connectivity index (χ0n) is 12.6. The van der Waals surface area contributed by atoms with Crippen molar-refractivity contribution in [3.05, 3.63) is 47.5 Å². The van der Waals surface area contributed by atoms with Crippen molar-refractivity contribution in [2.75, 3.05) is 20.6 Å². The lowest BCUT2D eigenvalue weighted by molar-refractivity contribution is -0.124. The Bertz CT molecular complexity index is 468. The second-order valence-corrected chi connectivity index (χ2v) is 5.77. The van der Waals surface area contributed by atoms with Gasteiger partial charge in [0, 0.05) is 12.5 Å². The van der Waals surface area contributed by atoms with Crippen LogP contribution < -0.4 is 5.32 Å². The second-order valence-electron chi connectivity index (χ2n) is 5.77. The highest BCUT2D eigenvalue weighted by Crippen LogP contribution is 2.20. The maximum Gasteiger partial charge on any atom is 0.223 e. The van der Waals surface area contributed by atoms with Crippen LogP contribution in [0.25, 0.3) is 0 Å². The summed E-state index contributed by atoms with van der Waals surface area (Å²) in [5.41, 5.74) is 2.50. The van der Waals surface area contributed by atoms with Crippen molar-refractivity contribution in [3.8, 4) is 0 Å². The van der Waals surface area contributed by atoms with Crippen molar-refractivity contribution in [2.24, 2.45) is 5.92 Å². The summed E-state index contributed by atoms with van der Waals surface area (Å²) < 4.78 is 0. The number of benzene rings is 1. The third-order valence-electron chi connectivity index (χ3n) is 3.93. The van der Waals surface area contributed by atoms with Crippen molar-refractivity contribution in [1.29, 1.82) is 0 Å². The Labute approximate surface area is 121 Å².